The minimum atomic E-state index is -3.51. The molecule has 0 radical (unpaired) electrons. The highest BCUT2D eigenvalue weighted by atomic mass is 32.2. The lowest BCUT2D eigenvalue weighted by molar-refractivity contribution is 0.254. The number of para-hydroxylation sites is 2. The number of rotatable bonds is 8. The van der Waals surface area contributed by atoms with Crippen LogP contribution in [0.5, 0.6) is 5.75 Å². The van der Waals surface area contributed by atoms with E-state index in [9.17, 15) is 8.42 Å². The van der Waals surface area contributed by atoms with Gasteiger partial charge < -0.3 is 9.64 Å². The minimum absolute atomic E-state index is 0.440. The second-order valence-electron chi connectivity index (χ2n) is 8.34. The van der Waals surface area contributed by atoms with Gasteiger partial charge in [0.05, 0.1) is 17.7 Å². The molecule has 2 aromatic rings. The molecule has 31 heavy (non-hydrogen) atoms. The van der Waals surface area contributed by atoms with E-state index in [1.807, 2.05) is 52.0 Å². The first-order valence-electron chi connectivity index (χ1n) is 10.9. The lowest BCUT2D eigenvalue weighted by Crippen LogP contribution is -2.47. The number of nitrogens with one attached hydrogen (secondary N) is 1. The maximum absolute atomic E-state index is 12.9. The van der Waals surface area contributed by atoms with Gasteiger partial charge in [-0.25, -0.2) is 13.1 Å². The topological polar surface area (TPSA) is 61.9 Å². The number of sulfonamides is 1. The Morgan fingerprint density at radius 2 is 1.58 bits per heavy atom. The van der Waals surface area contributed by atoms with Crippen LogP contribution >= 0.6 is 0 Å². The number of piperazine rings is 1. The van der Waals surface area contributed by atoms with Crippen LogP contribution in [0.25, 0.3) is 0 Å². The summed E-state index contributed by atoms with van der Waals surface area (Å²) in [6, 6.07) is 10.2. The van der Waals surface area contributed by atoms with Gasteiger partial charge in [-0.1, -0.05) is 18.2 Å². The van der Waals surface area contributed by atoms with E-state index in [0.717, 1.165) is 72.8 Å². The molecular formula is C24H35N3O3S. The van der Waals surface area contributed by atoms with Crippen LogP contribution in [0.4, 0.5) is 5.69 Å². The molecule has 0 aromatic heterocycles. The molecule has 0 spiro atoms. The molecule has 0 bridgehead atoms. The number of ether oxygens (including phenoxy) is 1. The van der Waals surface area contributed by atoms with Gasteiger partial charge in [-0.2, -0.15) is 0 Å². The molecule has 3 rings (SSSR count). The second kappa shape index (κ2) is 10.0. The maximum Gasteiger partial charge on any atom is 0.241 e. The first-order chi connectivity index (χ1) is 14.7. The van der Waals surface area contributed by atoms with Gasteiger partial charge in [0.15, 0.2) is 0 Å². The van der Waals surface area contributed by atoms with Crippen molar-refractivity contribution in [3.8, 4) is 5.75 Å². The second-order valence-corrected chi connectivity index (χ2v) is 10.0. The summed E-state index contributed by atoms with van der Waals surface area (Å²) in [5.41, 5.74) is 4.83. The minimum Gasteiger partial charge on any atom is -0.495 e. The lowest BCUT2D eigenvalue weighted by atomic mass is 10.0. The lowest BCUT2D eigenvalue weighted by Gasteiger charge is -2.36. The van der Waals surface area contributed by atoms with Gasteiger partial charge in [-0.15, -0.1) is 0 Å². The Hall–Kier alpha value is -2.09. The van der Waals surface area contributed by atoms with Gasteiger partial charge in [-0.05, 0) is 75.0 Å². The number of anilines is 1. The van der Waals surface area contributed by atoms with Crippen molar-refractivity contribution in [3.05, 3.63) is 52.6 Å². The molecule has 0 saturated carbocycles. The summed E-state index contributed by atoms with van der Waals surface area (Å²) in [4.78, 5) is 5.19. The highest BCUT2D eigenvalue weighted by molar-refractivity contribution is 7.89. The third-order valence-corrected chi connectivity index (χ3v) is 8.04. The fraction of sp³-hybridized carbons (Fsp3) is 0.500. The maximum atomic E-state index is 12.9. The zero-order valence-electron chi connectivity index (χ0n) is 19.4. The molecule has 1 N–H and O–H groups in total. The van der Waals surface area contributed by atoms with Crippen LogP contribution in [0.1, 0.15) is 28.7 Å². The van der Waals surface area contributed by atoms with Crippen molar-refractivity contribution in [1.29, 1.82) is 0 Å². The van der Waals surface area contributed by atoms with Crippen molar-refractivity contribution < 1.29 is 13.2 Å². The first-order valence-corrected chi connectivity index (χ1v) is 12.4. The van der Waals surface area contributed by atoms with Gasteiger partial charge in [0.1, 0.15) is 5.75 Å². The summed E-state index contributed by atoms with van der Waals surface area (Å²) in [6.45, 7) is 12.8. The molecule has 0 amide bonds. The summed E-state index contributed by atoms with van der Waals surface area (Å²) in [5.74, 6) is 0.905. The van der Waals surface area contributed by atoms with E-state index in [-0.39, 0.29) is 0 Å². The SMILES string of the molecule is COc1ccccc1N1CCN(CCCNS(=O)(=O)c2c(C)c(C)cc(C)c2C)CC1. The number of benzene rings is 2. The van der Waals surface area contributed by atoms with Crippen molar-refractivity contribution in [3.63, 3.8) is 0 Å². The molecule has 0 unspecified atom stereocenters. The van der Waals surface area contributed by atoms with E-state index in [1.54, 1.807) is 7.11 Å². The molecule has 1 heterocycles. The zero-order valence-corrected chi connectivity index (χ0v) is 20.2. The number of methoxy groups -OCH3 is 1. The molecule has 1 aliphatic rings. The van der Waals surface area contributed by atoms with E-state index in [4.69, 9.17) is 4.74 Å². The van der Waals surface area contributed by atoms with Crippen molar-refractivity contribution >= 4 is 15.7 Å². The van der Waals surface area contributed by atoms with Crippen LogP contribution in [-0.2, 0) is 10.0 Å². The van der Waals surface area contributed by atoms with Gasteiger partial charge in [-0.3, -0.25) is 4.90 Å². The van der Waals surface area contributed by atoms with Crippen LogP contribution < -0.4 is 14.4 Å². The fourth-order valence-corrected chi connectivity index (χ4v) is 5.95. The Balaban J connectivity index is 1.50. The largest absolute Gasteiger partial charge is 0.495 e. The van der Waals surface area contributed by atoms with E-state index in [2.05, 4.69) is 20.6 Å². The predicted octanol–water partition coefficient (Wildman–Crippen LogP) is 3.42. The molecule has 170 valence electrons. The third-order valence-electron chi connectivity index (χ3n) is 6.31. The van der Waals surface area contributed by atoms with Crippen LogP contribution in [0, 0.1) is 27.7 Å². The molecule has 1 aliphatic heterocycles. The normalized spacial score (nSPS) is 15.3. The van der Waals surface area contributed by atoms with Crippen molar-refractivity contribution in [2.24, 2.45) is 0 Å². The molecule has 0 atom stereocenters. The molecule has 1 fully saturated rings. The van der Waals surface area contributed by atoms with Gasteiger partial charge in [0.25, 0.3) is 0 Å². The van der Waals surface area contributed by atoms with Crippen LogP contribution in [-0.4, -0.2) is 59.7 Å². The van der Waals surface area contributed by atoms with E-state index >= 15 is 0 Å². The van der Waals surface area contributed by atoms with Crippen molar-refractivity contribution in [1.82, 2.24) is 9.62 Å². The molecule has 7 heteroatoms. The molecule has 1 saturated heterocycles. The zero-order chi connectivity index (χ0) is 22.6. The molecular weight excluding hydrogens is 410 g/mol. The molecule has 2 aromatic carbocycles. The number of nitrogens with zero attached hydrogens (tertiary/aromatic N) is 2. The highest BCUT2D eigenvalue weighted by Crippen LogP contribution is 2.28. The number of hydrogen-bond acceptors (Lipinski definition) is 5. The molecule has 0 aliphatic carbocycles. The average molecular weight is 446 g/mol. The Bertz CT molecular complexity index is 987. The van der Waals surface area contributed by atoms with Crippen LogP contribution in [0.2, 0.25) is 0 Å². The summed E-state index contributed by atoms with van der Waals surface area (Å²) in [7, 11) is -1.81. The summed E-state index contributed by atoms with van der Waals surface area (Å²) in [5, 5.41) is 0. The Kier molecular flexibility index (Phi) is 7.62. The summed E-state index contributed by atoms with van der Waals surface area (Å²) < 4.78 is 34.2. The third kappa shape index (κ3) is 5.40. The van der Waals surface area contributed by atoms with Gasteiger partial charge in [0, 0.05) is 32.7 Å². The van der Waals surface area contributed by atoms with E-state index in [1.165, 1.54) is 0 Å². The van der Waals surface area contributed by atoms with Crippen LogP contribution in [0.3, 0.4) is 0 Å². The Morgan fingerprint density at radius 3 is 2.19 bits per heavy atom. The Labute approximate surface area is 187 Å². The number of aryl methyl sites for hydroxylation is 2. The quantitative estimate of drug-likeness (QED) is 0.631. The van der Waals surface area contributed by atoms with E-state index in [0.29, 0.717) is 11.4 Å². The summed E-state index contributed by atoms with van der Waals surface area (Å²) in [6.07, 6.45) is 0.788. The average Bonchev–Trinajstić information content (AvgIpc) is 2.76. The number of hydrogen-bond donors (Lipinski definition) is 1. The van der Waals surface area contributed by atoms with Crippen molar-refractivity contribution in [2.45, 2.75) is 39.0 Å². The fourth-order valence-electron chi connectivity index (χ4n) is 4.27. The smallest absolute Gasteiger partial charge is 0.241 e. The first kappa shape index (κ1) is 23.6. The van der Waals surface area contributed by atoms with Crippen LogP contribution in [0.15, 0.2) is 35.2 Å². The summed E-state index contributed by atoms with van der Waals surface area (Å²) >= 11 is 0. The monoisotopic (exact) mass is 445 g/mol. The van der Waals surface area contributed by atoms with Gasteiger partial charge >= 0.3 is 0 Å². The highest BCUT2D eigenvalue weighted by Gasteiger charge is 2.22. The van der Waals surface area contributed by atoms with Crippen molar-refractivity contribution in [2.75, 3.05) is 51.3 Å². The standard InChI is InChI=1S/C24H35N3O3S/c1-18-17-19(2)21(4)24(20(18)3)31(28,29)25-11-8-12-26-13-15-27(16-14-26)22-9-6-7-10-23(22)30-5/h6-7,9-10,17,25H,8,11-16H2,1-5H3. The Morgan fingerprint density at radius 1 is 0.968 bits per heavy atom. The van der Waals surface area contributed by atoms with E-state index < -0.39 is 10.0 Å². The predicted molar refractivity (Wildman–Crippen MR) is 127 cm³/mol. The van der Waals surface area contributed by atoms with Gasteiger partial charge in [0.2, 0.25) is 10.0 Å². The molecule has 6 nitrogen and oxygen atoms in total.